The first-order valence-electron chi connectivity index (χ1n) is 3.45. The Bertz CT molecular complexity index is 224. The predicted octanol–water partition coefficient (Wildman–Crippen LogP) is 1.28. The first kappa shape index (κ1) is 8.59. The van der Waals surface area contributed by atoms with Gasteiger partial charge in [-0.1, -0.05) is 0 Å². The van der Waals surface area contributed by atoms with Gasteiger partial charge in [-0.05, 0) is 36.7 Å². The molecular weight excluding hydrogens is 164 g/mol. The molecule has 0 fully saturated rings. The van der Waals surface area contributed by atoms with Crippen LogP contribution in [0.2, 0.25) is 5.22 Å². The van der Waals surface area contributed by atoms with E-state index in [1.54, 1.807) is 12.1 Å². The Hall–Kier alpha value is -0.510. The van der Waals surface area contributed by atoms with Crippen LogP contribution in [0.15, 0.2) is 16.5 Å². The van der Waals surface area contributed by atoms with Crippen molar-refractivity contribution in [1.82, 2.24) is 0 Å². The molecule has 0 saturated heterocycles. The molecule has 0 aliphatic rings. The van der Waals surface area contributed by atoms with Crippen LogP contribution in [0, 0.1) is 0 Å². The van der Waals surface area contributed by atoms with E-state index in [1.807, 2.05) is 0 Å². The van der Waals surface area contributed by atoms with Gasteiger partial charge in [0.05, 0.1) is 6.04 Å². The zero-order chi connectivity index (χ0) is 8.27. The molecule has 1 aromatic rings. The highest BCUT2D eigenvalue weighted by molar-refractivity contribution is 6.28. The molecule has 0 aliphatic heterocycles. The Kier molecular flexibility index (Phi) is 2.93. The number of nitrogens with two attached hydrogens (primary N) is 2. The molecule has 62 valence electrons. The van der Waals surface area contributed by atoms with Crippen LogP contribution in [0.5, 0.6) is 0 Å². The molecular formula is C7H11ClN2O. The number of hydrogen-bond acceptors (Lipinski definition) is 3. The molecule has 0 spiro atoms. The molecule has 0 saturated carbocycles. The van der Waals surface area contributed by atoms with Gasteiger partial charge >= 0.3 is 0 Å². The van der Waals surface area contributed by atoms with Crippen molar-refractivity contribution in [3.05, 3.63) is 23.1 Å². The lowest BCUT2D eigenvalue weighted by molar-refractivity contribution is 0.456. The Morgan fingerprint density at radius 1 is 1.55 bits per heavy atom. The van der Waals surface area contributed by atoms with Gasteiger partial charge in [-0.15, -0.1) is 0 Å². The van der Waals surface area contributed by atoms with E-state index in [4.69, 9.17) is 27.5 Å². The van der Waals surface area contributed by atoms with E-state index in [0.29, 0.717) is 23.9 Å². The molecule has 11 heavy (non-hydrogen) atoms. The van der Waals surface area contributed by atoms with E-state index in [0.717, 1.165) is 0 Å². The third-order valence-corrected chi connectivity index (χ3v) is 1.64. The molecule has 4 N–H and O–H groups in total. The van der Waals surface area contributed by atoms with Crippen molar-refractivity contribution in [2.45, 2.75) is 12.5 Å². The molecule has 3 nitrogen and oxygen atoms in total. The highest BCUT2D eigenvalue weighted by Crippen LogP contribution is 2.19. The van der Waals surface area contributed by atoms with E-state index >= 15 is 0 Å². The van der Waals surface area contributed by atoms with Crippen LogP contribution in [0.25, 0.3) is 0 Å². The van der Waals surface area contributed by atoms with Crippen molar-refractivity contribution < 1.29 is 4.42 Å². The van der Waals surface area contributed by atoms with Crippen LogP contribution < -0.4 is 11.5 Å². The molecule has 4 heteroatoms. The summed E-state index contributed by atoms with van der Waals surface area (Å²) in [7, 11) is 0. The molecule has 0 amide bonds. The van der Waals surface area contributed by atoms with Gasteiger partial charge in [0, 0.05) is 0 Å². The molecule has 0 aliphatic carbocycles. The highest BCUT2D eigenvalue weighted by Gasteiger charge is 2.08. The van der Waals surface area contributed by atoms with Crippen LogP contribution in [0.1, 0.15) is 18.2 Å². The topological polar surface area (TPSA) is 65.2 Å². The van der Waals surface area contributed by atoms with Crippen molar-refractivity contribution in [1.29, 1.82) is 0 Å². The minimum atomic E-state index is -0.132. The zero-order valence-electron chi connectivity index (χ0n) is 6.09. The second kappa shape index (κ2) is 3.76. The van der Waals surface area contributed by atoms with Crippen LogP contribution in [0.4, 0.5) is 0 Å². The summed E-state index contributed by atoms with van der Waals surface area (Å²) >= 11 is 5.55. The van der Waals surface area contributed by atoms with Gasteiger partial charge in [0.15, 0.2) is 5.22 Å². The quantitative estimate of drug-likeness (QED) is 0.726. The summed E-state index contributed by atoms with van der Waals surface area (Å²) in [6, 6.07) is 3.31. The maximum Gasteiger partial charge on any atom is 0.193 e. The average Bonchev–Trinajstić information content (AvgIpc) is 2.36. The lowest BCUT2D eigenvalue weighted by atomic mass is 10.2. The van der Waals surface area contributed by atoms with Crippen molar-refractivity contribution in [2.24, 2.45) is 11.5 Å². The summed E-state index contributed by atoms with van der Waals surface area (Å²) in [4.78, 5) is 0. The first-order chi connectivity index (χ1) is 5.24. The zero-order valence-corrected chi connectivity index (χ0v) is 6.84. The van der Waals surface area contributed by atoms with Gasteiger partial charge in [0.25, 0.3) is 0 Å². The minimum Gasteiger partial charge on any atom is -0.448 e. The van der Waals surface area contributed by atoms with Gasteiger partial charge in [0.2, 0.25) is 0 Å². The summed E-state index contributed by atoms with van der Waals surface area (Å²) in [6.45, 7) is 0.555. The van der Waals surface area contributed by atoms with E-state index < -0.39 is 0 Å². The minimum absolute atomic E-state index is 0.132. The largest absolute Gasteiger partial charge is 0.448 e. The summed E-state index contributed by atoms with van der Waals surface area (Å²) in [5.74, 6) is 0.695. The Balaban J connectivity index is 2.60. The molecule has 1 aromatic heterocycles. The summed E-state index contributed by atoms with van der Waals surface area (Å²) in [5.41, 5.74) is 11.0. The fourth-order valence-corrected chi connectivity index (χ4v) is 1.00. The maximum absolute atomic E-state index is 5.69. The van der Waals surface area contributed by atoms with Gasteiger partial charge in [-0.25, -0.2) is 0 Å². The predicted molar refractivity (Wildman–Crippen MR) is 44.3 cm³/mol. The smallest absolute Gasteiger partial charge is 0.193 e. The second-order valence-corrected chi connectivity index (χ2v) is 2.70. The van der Waals surface area contributed by atoms with Gasteiger partial charge in [-0.2, -0.15) is 0 Å². The van der Waals surface area contributed by atoms with Crippen molar-refractivity contribution in [3.8, 4) is 0 Å². The number of furan rings is 1. The molecule has 1 atom stereocenters. The number of halogens is 1. The van der Waals surface area contributed by atoms with Crippen molar-refractivity contribution in [3.63, 3.8) is 0 Å². The van der Waals surface area contributed by atoms with E-state index in [9.17, 15) is 0 Å². The lowest BCUT2D eigenvalue weighted by Crippen LogP contribution is -2.14. The van der Waals surface area contributed by atoms with Crippen molar-refractivity contribution >= 4 is 11.6 Å². The molecule has 1 rings (SSSR count). The first-order valence-corrected chi connectivity index (χ1v) is 3.82. The monoisotopic (exact) mass is 174 g/mol. The summed E-state index contributed by atoms with van der Waals surface area (Å²) in [5, 5.41) is 0.368. The van der Waals surface area contributed by atoms with Gasteiger partial charge in [-0.3, -0.25) is 0 Å². The van der Waals surface area contributed by atoms with E-state index in [2.05, 4.69) is 0 Å². The third kappa shape index (κ3) is 2.22. The lowest BCUT2D eigenvalue weighted by Gasteiger charge is -2.04. The molecule has 1 unspecified atom stereocenters. The fourth-order valence-electron chi connectivity index (χ4n) is 0.849. The van der Waals surface area contributed by atoms with E-state index in [1.165, 1.54) is 0 Å². The number of rotatable bonds is 3. The summed E-state index contributed by atoms with van der Waals surface area (Å²) < 4.78 is 5.08. The molecule has 0 bridgehead atoms. The van der Waals surface area contributed by atoms with Crippen LogP contribution in [-0.4, -0.2) is 6.54 Å². The van der Waals surface area contributed by atoms with Gasteiger partial charge < -0.3 is 15.9 Å². The van der Waals surface area contributed by atoms with Gasteiger partial charge in [0.1, 0.15) is 5.76 Å². The molecule has 0 radical (unpaired) electrons. The second-order valence-electron chi connectivity index (χ2n) is 2.33. The van der Waals surface area contributed by atoms with E-state index in [-0.39, 0.29) is 6.04 Å². The fraction of sp³-hybridized carbons (Fsp3) is 0.429. The Morgan fingerprint density at radius 3 is 2.73 bits per heavy atom. The van der Waals surface area contributed by atoms with Crippen molar-refractivity contribution in [2.75, 3.05) is 6.54 Å². The SMILES string of the molecule is NCCC(N)c1ccc(Cl)o1. The standard InChI is InChI=1S/C7H11ClN2O/c8-7-2-1-6(11-7)5(10)3-4-9/h1-2,5H,3-4,9-10H2. The summed E-state index contributed by atoms with van der Waals surface area (Å²) in [6.07, 6.45) is 0.712. The average molecular weight is 175 g/mol. The highest BCUT2D eigenvalue weighted by atomic mass is 35.5. The van der Waals surface area contributed by atoms with Crippen LogP contribution >= 0.6 is 11.6 Å². The Labute approximate surface area is 70.3 Å². The number of hydrogen-bond donors (Lipinski definition) is 2. The molecule has 0 aromatic carbocycles. The Morgan fingerprint density at radius 2 is 2.27 bits per heavy atom. The molecule has 1 heterocycles. The van der Waals surface area contributed by atoms with Crippen LogP contribution in [0.3, 0.4) is 0 Å². The van der Waals surface area contributed by atoms with Crippen LogP contribution in [-0.2, 0) is 0 Å². The maximum atomic E-state index is 5.69. The normalized spacial score (nSPS) is 13.4. The third-order valence-electron chi connectivity index (χ3n) is 1.44.